The number of carbonyl (C=O) groups excluding carboxylic acids is 1. The van der Waals surface area contributed by atoms with Crippen LogP contribution in [0.1, 0.15) is 25.5 Å². The summed E-state index contributed by atoms with van der Waals surface area (Å²) >= 11 is 0. The van der Waals surface area contributed by atoms with E-state index in [2.05, 4.69) is 11.3 Å². The van der Waals surface area contributed by atoms with Crippen LogP contribution in [0.4, 0.5) is 0 Å². The standard InChI is InChI=1S/C8H10O.C4H6O2/c1-7(9)8-5-3-2-4-6-8;1-3-6-4(2)5/h2-7,9H,1H3;3H,1H2,2H3. The molecule has 3 heteroatoms. The van der Waals surface area contributed by atoms with Gasteiger partial charge in [-0.1, -0.05) is 36.9 Å². The molecule has 1 aromatic rings. The molecule has 1 aromatic carbocycles. The molecule has 1 N–H and O–H groups in total. The molecule has 0 fully saturated rings. The first-order valence-electron chi connectivity index (χ1n) is 4.59. The fourth-order valence-corrected chi connectivity index (χ4v) is 0.849. The Morgan fingerprint density at radius 3 is 2.20 bits per heavy atom. The van der Waals surface area contributed by atoms with Gasteiger partial charge in [-0.15, -0.1) is 0 Å². The van der Waals surface area contributed by atoms with E-state index in [0.29, 0.717) is 0 Å². The van der Waals surface area contributed by atoms with Gasteiger partial charge in [-0.25, -0.2) is 0 Å². The minimum atomic E-state index is -0.341. The van der Waals surface area contributed by atoms with Gasteiger partial charge in [0.1, 0.15) is 0 Å². The van der Waals surface area contributed by atoms with Gasteiger partial charge >= 0.3 is 5.97 Å². The number of aliphatic hydroxyl groups is 1. The Bertz CT molecular complexity index is 291. The van der Waals surface area contributed by atoms with Gasteiger partial charge in [0, 0.05) is 6.92 Å². The molecule has 0 bridgehead atoms. The Morgan fingerprint density at radius 1 is 1.47 bits per heavy atom. The number of ether oxygens (including phenoxy) is 1. The second-order valence-electron chi connectivity index (χ2n) is 2.86. The van der Waals surface area contributed by atoms with E-state index in [-0.39, 0.29) is 12.1 Å². The Hall–Kier alpha value is -1.61. The third-order valence-corrected chi connectivity index (χ3v) is 1.53. The average Bonchev–Trinajstić information content (AvgIpc) is 2.20. The first-order valence-corrected chi connectivity index (χ1v) is 4.59. The van der Waals surface area contributed by atoms with Crippen molar-refractivity contribution in [2.75, 3.05) is 0 Å². The van der Waals surface area contributed by atoms with Crippen molar-refractivity contribution in [2.45, 2.75) is 20.0 Å². The van der Waals surface area contributed by atoms with Crippen LogP contribution in [0, 0.1) is 0 Å². The Morgan fingerprint density at radius 2 is 2.00 bits per heavy atom. The fraction of sp³-hybridized carbons (Fsp3) is 0.250. The van der Waals surface area contributed by atoms with Crippen molar-refractivity contribution in [1.82, 2.24) is 0 Å². The van der Waals surface area contributed by atoms with Crippen molar-refractivity contribution in [1.29, 1.82) is 0 Å². The van der Waals surface area contributed by atoms with Gasteiger partial charge < -0.3 is 9.84 Å². The normalized spacial score (nSPS) is 10.6. The highest BCUT2D eigenvalue weighted by molar-refractivity contribution is 5.66. The van der Waals surface area contributed by atoms with E-state index in [1.807, 2.05) is 30.3 Å². The van der Waals surface area contributed by atoms with Crippen molar-refractivity contribution in [3.8, 4) is 0 Å². The molecule has 0 aliphatic heterocycles. The molecule has 1 atom stereocenters. The van der Waals surface area contributed by atoms with Gasteiger partial charge in [-0.2, -0.15) is 0 Å². The Balaban J connectivity index is 0.000000288. The van der Waals surface area contributed by atoms with Crippen molar-refractivity contribution in [3.63, 3.8) is 0 Å². The highest BCUT2D eigenvalue weighted by Crippen LogP contribution is 2.09. The number of hydrogen-bond acceptors (Lipinski definition) is 3. The summed E-state index contributed by atoms with van der Waals surface area (Å²) < 4.78 is 4.17. The molecule has 0 spiro atoms. The second kappa shape index (κ2) is 7.76. The van der Waals surface area contributed by atoms with Crippen LogP contribution in [0.5, 0.6) is 0 Å². The average molecular weight is 208 g/mol. The van der Waals surface area contributed by atoms with Gasteiger partial charge in [0.2, 0.25) is 0 Å². The van der Waals surface area contributed by atoms with E-state index in [1.54, 1.807) is 6.92 Å². The van der Waals surface area contributed by atoms with Gasteiger partial charge in [0.25, 0.3) is 0 Å². The van der Waals surface area contributed by atoms with Crippen molar-refractivity contribution < 1.29 is 14.6 Å². The molecule has 0 radical (unpaired) electrons. The predicted molar refractivity (Wildman–Crippen MR) is 59.0 cm³/mol. The maximum atomic E-state index is 9.75. The van der Waals surface area contributed by atoms with E-state index in [0.717, 1.165) is 11.8 Å². The summed E-state index contributed by atoms with van der Waals surface area (Å²) in [4.78, 5) is 9.75. The zero-order valence-electron chi connectivity index (χ0n) is 9.01. The van der Waals surface area contributed by atoms with Gasteiger partial charge in [0.05, 0.1) is 12.4 Å². The Kier molecular flexibility index (Phi) is 6.93. The summed E-state index contributed by atoms with van der Waals surface area (Å²) in [6, 6.07) is 9.59. The lowest BCUT2D eigenvalue weighted by Gasteiger charge is -2.00. The smallest absolute Gasteiger partial charge is 0.307 e. The summed E-state index contributed by atoms with van der Waals surface area (Å²) in [5, 5.41) is 9.02. The van der Waals surface area contributed by atoms with E-state index < -0.39 is 0 Å². The third-order valence-electron chi connectivity index (χ3n) is 1.53. The lowest BCUT2D eigenvalue weighted by Crippen LogP contribution is -1.87. The number of aliphatic hydroxyl groups excluding tert-OH is 1. The van der Waals surface area contributed by atoms with Crippen LogP contribution in [0.25, 0.3) is 0 Å². The van der Waals surface area contributed by atoms with E-state index in [1.165, 1.54) is 6.92 Å². The predicted octanol–water partition coefficient (Wildman–Crippen LogP) is 2.43. The molecule has 0 amide bonds. The molecule has 3 nitrogen and oxygen atoms in total. The number of benzene rings is 1. The van der Waals surface area contributed by atoms with Gasteiger partial charge in [-0.3, -0.25) is 4.79 Å². The van der Waals surface area contributed by atoms with Crippen molar-refractivity contribution in [2.24, 2.45) is 0 Å². The minimum Gasteiger partial charge on any atom is -0.435 e. The molecule has 0 saturated heterocycles. The molecular formula is C12H16O3. The van der Waals surface area contributed by atoms with Crippen LogP contribution < -0.4 is 0 Å². The highest BCUT2D eigenvalue weighted by atomic mass is 16.5. The SMILES string of the molecule is C=COC(C)=O.CC(O)c1ccccc1. The quantitative estimate of drug-likeness (QED) is 0.599. The summed E-state index contributed by atoms with van der Waals surface area (Å²) in [7, 11) is 0. The minimum absolute atomic E-state index is 0.329. The number of rotatable bonds is 2. The number of esters is 1. The van der Waals surface area contributed by atoms with Crippen LogP contribution in [0.15, 0.2) is 43.2 Å². The van der Waals surface area contributed by atoms with Crippen LogP contribution >= 0.6 is 0 Å². The van der Waals surface area contributed by atoms with Gasteiger partial charge in [0.15, 0.2) is 0 Å². The van der Waals surface area contributed by atoms with Crippen LogP contribution in [-0.2, 0) is 9.53 Å². The largest absolute Gasteiger partial charge is 0.435 e. The molecule has 15 heavy (non-hydrogen) atoms. The fourth-order valence-electron chi connectivity index (χ4n) is 0.849. The first kappa shape index (κ1) is 13.4. The Labute approximate surface area is 90.0 Å². The molecule has 1 rings (SSSR count). The summed E-state index contributed by atoms with van der Waals surface area (Å²) in [5.74, 6) is -0.329. The van der Waals surface area contributed by atoms with Crippen molar-refractivity contribution >= 4 is 5.97 Å². The molecule has 0 heterocycles. The molecule has 0 saturated carbocycles. The number of carbonyl (C=O) groups is 1. The maximum absolute atomic E-state index is 9.75. The van der Waals surface area contributed by atoms with Crippen molar-refractivity contribution in [3.05, 3.63) is 48.7 Å². The zero-order chi connectivity index (χ0) is 11.7. The molecule has 0 aromatic heterocycles. The maximum Gasteiger partial charge on any atom is 0.307 e. The molecule has 0 aliphatic rings. The van der Waals surface area contributed by atoms with E-state index >= 15 is 0 Å². The lowest BCUT2D eigenvalue weighted by molar-refractivity contribution is -0.135. The third kappa shape index (κ3) is 7.46. The second-order valence-corrected chi connectivity index (χ2v) is 2.86. The highest BCUT2D eigenvalue weighted by Gasteiger charge is 1.95. The van der Waals surface area contributed by atoms with Gasteiger partial charge in [-0.05, 0) is 12.5 Å². The monoisotopic (exact) mass is 208 g/mol. The summed E-state index contributed by atoms with van der Waals surface area (Å²) in [5.41, 5.74) is 0.970. The zero-order valence-corrected chi connectivity index (χ0v) is 9.01. The number of hydrogen-bond donors (Lipinski definition) is 1. The first-order chi connectivity index (χ1) is 7.07. The van der Waals surface area contributed by atoms with Crippen LogP contribution in [-0.4, -0.2) is 11.1 Å². The summed E-state index contributed by atoms with van der Waals surface area (Å²) in [6.07, 6.45) is 0.758. The van der Waals surface area contributed by atoms with E-state index in [9.17, 15) is 4.79 Å². The summed E-state index contributed by atoms with van der Waals surface area (Å²) in [6.45, 7) is 6.24. The van der Waals surface area contributed by atoms with Crippen LogP contribution in [0.3, 0.4) is 0 Å². The lowest BCUT2D eigenvalue weighted by atomic mass is 10.1. The van der Waals surface area contributed by atoms with Crippen LogP contribution in [0.2, 0.25) is 0 Å². The molecule has 82 valence electrons. The molecule has 1 unspecified atom stereocenters. The topological polar surface area (TPSA) is 46.5 Å². The van der Waals surface area contributed by atoms with E-state index in [4.69, 9.17) is 5.11 Å². The molecule has 0 aliphatic carbocycles. The molecular weight excluding hydrogens is 192 g/mol.